The summed E-state index contributed by atoms with van der Waals surface area (Å²) in [7, 11) is -3.44. The number of piperidine rings is 1. The second-order valence-electron chi connectivity index (χ2n) is 6.21. The molecule has 8 heteroatoms. The smallest absolute Gasteiger partial charge is 0.217 e. The van der Waals surface area contributed by atoms with Crippen LogP contribution in [-0.2, 0) is 10.0 Å². The molecule has 0 spiro atoms. The summed E-state index contributed by atoms with van der Waals surface area (Å²) < 4.78 is 38.0. The van der Waals surface area contributed by atoms with Gasteiger partial charge in [-0.1, -0.05) is 18.2 Å². The molecule has 27 heavy (non-hydrogen) atoms. The fourth-order valence-electron chi connectivity index (χ4n) is 2.88. The van der Waals surface area contributed by atoms with E-state index in [0.717, 1.165) is 6.42 Å². The molecular formula is C19H21N3O4S. The van der Waals surface area contributed by atoms with E-state index in [-0.39, 0.29) is 25.0 Å². The van der Waals surface area contributed by atoms with E-state index in [1.165, 1.54) is 10.5 Å². The topological polar surface area (TPSA) is 92.5 Å². The third-order valence-corrected chi connectivity index (χ3v) is 6.04. The first-order valence-corrected chi connectivity index (χ1v) is 10.4. The lowest BCUT2D eigenvalue weighted by Crippen LogP contribution is -2.45. The van der Waals surface area contributed by atoms with Crippen molar-refractivity contribution in [3.8, 4) is 17.7 Å². The Labute approximate surface area is 159 Å². The van der Waals surface area contributed by atoms with Crippen LogP contribution in [0.25, 0.3) is 0 Å². The number of nitrogens with zero attached hydrogens (tertiary/aromatic N) is 3. The maximum Gasteiger partial charge on any atom is 0.217 e. The summed E-state index contributed by atoms with van der Waals surface area (Å²) >= 11 is 0. The van der Waals surface area contributed by atoms with Gasteiger partial charge < -0.3 is 9.47 Å². The van der Waals surface area contributed by atoms with Gasteiger partial charge in [0.1, 0.15) is 18.5 Å². The molecule has 1 aliphatic heterocycles. The maximum atomic E-state index is 12.6. The number of hydrogen-bond donors (Lipinski definition) is 0. The monoisotopic (exact) mass is 387 g/mol. The van der Waals surface area contributed by atoms with Crippen LogP contribution in [0.3, 0.4) is 0 Å². The Kier molecular flexibility index (Phi) is 6.27. The van der Waals surface area contributed by atoms with Crippen molar-refractivity contribution in [1.29, 1.82) is 5.26 Å². The number of rotatable bonds is 7. The van der Waals surface area contributed by atoms with Crippen molar-refractivity contribution < 1.29 is 17.9 Å². The molecule has 1 aromatic carbocycles. The molecule has 0 aliphatic carbocycles. The SMILES string of the molecule is N#Cc1ccnc(O[C@@H]2CCCN(S(=O)(=O)CCOc3ccccc3)C2)c1. The Morgan fingerprint density at radius 3 is 2.85 bits per heavy atom. The number of nitriles is 1. The Bertz CT molecular complexity index is 897. The van der Waals surface area contributed by atoms with E-state index >= 15 is 0 Å². The van der Waals surface area contributed by atoms with Gasteiger partial charge in [0.2, 0.25) is 15.9 Å². The molecule has 1 saturated heterocycles. The number of benzene rings is 1. The van der Waals surface area contributed by atoms with Gasteiger partial charge in [0, 0.05) is 18.8 Å². The lowest BCUT2D eigenvalue weighted by molar-refractivity contribution is 0.124. The summed E-state index contributed by atoms with van der Waals surface area (Å²) in [4.78, 5) is 4.09. The van der Waals surface area contributed by atoms with Gasteiger partial charge in [-0.25, -0.2) is 13.4 Å². The Morgan fingerprint density at radius 1 is 1.26 bits per heavy atom. The van der Waals surface area contributed by atoms with Crippen molar-refractivity contribution >= 4 is 10.0 Å². The van der Waals surface area contributed by atoms with Gasteiger partial charge >= 0.3 is 0 Å². The minimum absolute atomic E-state index is 0.0865. The van der Waals surface area contributed by atoms with Gasteiger partial charge in [-0.05, 0) is 31.0 Å². The third-order valence-electron chi connectivity index (χ3n) is 4.24. The van der Waals surface area contributed by atoms with Crippen molar-refractivity contribution in [2.24, 2.45) is 0 Å². The minimum atomic E-state index is -3.44. The molecule has 7 nitrogen and oxygen atoms in total. The van der Waals surface area contributed by atoms with E-state index in [1.54, 1.807) is 24.3 Å². The predicted octanol–water partition coefficient (Wildman–Crippen LogP) is 2.21. The van der Waals surface area contributed by atoms with Gasteiger partial charge in [0.25, 0.3) is 0 Å². The summed E-state index contributed by atoms with van der Waals surface area (Å²) in [5, 5.41) is 8.95. The highest BCUT2D eigenvalue weighted by atomic mass is 32.2. The molecule has 0 saturated carbocycles. The van der Waals surface area contributed by atoms with Crippen molar-refractivity contribution in [3.05, 3.63) is 54.2 Å². The summed E-state index contributed by atoms with van der Waals surface area (Å²) in [5.74, 6) is 0.901. The number of aromatic nitrogens is 1. The number of para-hydroxylation sites is 1. The van der Waals surface area contributed by atoms with E-state index in [2.05, 4.69) is 4.98 Å². The summed E-state index contributed by atoms with van der Waals surface area (Å²) in [6.07, 6.45) is 2.67. The molecule has 0 N–H and O–H groups in total. The number of pyridine rings is 1. The Hall–Kier alpha value is -2.63. The average molecular weight is 387 g/mol. The third kappa shape index (κ3) is 5.42. The van der Waals surface area contributed by atoms with Crippen molar-refractivity contribution in [2.45, 2.75) is 18.9 Å². The van der Waals surface area contributed by atoms with Gasteiger partial charge in [-0.2, -0.15) is 9.57 Å². The van der Waals surface area contributed by atoms with Gasteiger partial charge in [-0.3, -0.25) is 0 Å². The van der Waals surface area contributed by atoms with Gasteiger partial charge in [0.15, 0.2) is 0 Å². The quantitative estimate of drug-likeness (QED) is 0.723. The first-order chi connectivity index (χ1) is 13.1. The summed E-state index contributed by atoms with van der Waals surface area (Å²) in [6, 6.07) is 14.3. The van der Waals surface area contributed by atoms with E-state index < -0.39 is 10.0 Å². The zero-order valence-corrected chi connectivity index (χ0v) is 15.6. The van der Waals surface area contributed by atoms with Crippen LogP contribution in [0.15, 0.2) is 48.7 Å². The lowest BCUT2D eigenvalue weighted by atomic mass is 10.1. The van der Waals surface area contributed by atoms with E-state index in [1.807, 2.05) is 24.3 Å². The van der Waals surface area contributed by atoms with Gasteiger partial charge in [-0.15, -0.1) is 0 Å². The van der Waals surface area contributed by atoms with Crippen LogP contribution in [0.2, 0.25) is 0 Å². The predicted molar refractivity (Wildman–Crippen MR) is 99.9 cm³/mol. The first-order valence-electron chi connectivity index (χ1n) is 8.75. The fourth-order valence-corrected chi connectivity index (χ4v) is 4.23. The maximum absolute atomic E-state index is 12.6. The van der Waals surface area contributed by atoms with Crippen LogP contribution in [0.5, 0.6) is 11.6 Å². The van der Waals surface area contributed by atoms with Crippen LogP contribution in [0.1, 0.15) is 18.4 Å². The number of ether oxygens (including phenoxy) is 2. The summed E-state index contributed by atoms with van der Waals surface area (Å²) in [6.45, 7) is 0.839. The molecule has 0 amide bonds. The zero-order valence-electron chi connectivity index (χ0n) is 14.8. The van der Waals surface area contributed by atoms with Crippen LogP contribution in [0, 0.1) is 11.3 Å². The van der Waals surface area contributed by atoms with Crippen LogP contribution < -0.4 is 9.47 Å². The molecule has 3 rings (SSSR count). The van der Waals surface area contributed by atoms with Crippen LogP contribution >= 0.6 is 0 Å². The van der Waals surface area contributed by atoms with Gasteiger partial charge in [0.05, 0.1) is 23.9 Å². The molecule has 0 radical (unpaired) electrons. The first kappa shape index (κ1) is 19.1. The fraction of sp³-hybridized carbons (Fsp3) is 0.368. The molecule has 2 aromatic rings. The van der Waals surface area contributed by atoms with Crippen LogP contribution in [-0.4, -0.2) is 49.3 Å². The van der Waals surface area contributed by atoms with E-state index in [4.69, 9.17) is 14.7 Å². The minimum Gasteiger partial charge on any atom is -0.492 e. The molecule has 1 atom stereocenters. The second-order valence-corrected chi connectivity index (χ2v) is 8.30. The average Bonchev–Trinajstić information content (AvgIpc) is 2.69. The Balaban J connectivity index is 1.55. The van der Waals surface area contributed by atoms with Crippen molar-refractivity contribution in [1.82, 2.24) is 9.29 Å². The van der Waals surface area contributed by atoms with E-state index in [0.29, 0.717) is 30.2 Å². The molecule has 0 bridgehead atoms. The number of hydrogen-bond acceptors (Lipinski definition) is 6. The van der Waals surface area contributed by atoms with Crippen LogP contribution in [0.4, 0.5) is 0 Å². The second kappa shape index (κ2) is 8.84. The molecular weight excluding hydrogens is 366 g/mol. The standard InChI is InChI=1S/C19H21N3O4S/c20-14-16-8-9-21-19(13-16)26-18-7-4-10-22(15-18)27(23,24)12-11-25-17-5-2-1-3-6-17/h1-3,5-6,8-9,13,18H,4,7,10-12,15H2/t18-/m1/s1. The molecule has 1 aromatic heterocycles. The highest BCUT2D eigenvalue weighted by Crippen LogP contribution is 2.20. The molecule has 0 unspecified atom stereocenters. The molecule has 2 heterocycles. The zero-order chi connectivity index (χ0) is 19.1. The molecule has 1 fully saturated rings. The normalized spacial score (nSPS) is 17.8. The molecule has 1 aliphatic rings. The highest BCUT2D eigenvalue weighted by molar-refractivity contribution is 7.89. The number of sulfonamides is 1. The largest absolute Gasteiger partial charge is 0.492 e. The molecule has 142 valence electrons. The van der Waals surface area contributed by atoms with Crippen molar-refractivity contribution in [2.75, 3.05) is 25.4 Å². The van der Waals surface area contributed by atoms with E-state index in [9.17, 15) is 8.42 Å². The Morgan fingerprint density at radius 2 is 2.07 bits per heavy atom. The van der Waals surface area contributed by atoms with Crippen molar-refractivity contribution in [3.63, 3.8) is 0 Å². The highest BCUT2D eigenvalue weighted by Gasteiger charge is 2.30. The lowest BCUT2D eigenvalue weighted by Gasteiger charge is -2.31. The summed E-state index contributed by atoms with van der Waals surface area (Å²) in [5.41, 5.74) is 0.457.